The van der Waals surface area contributed by atoms with Crippen molar-refractivity contribution in [3.05, 3.63) is 70.0 Å². The van der Waals surface area contributed by atoms with Crippen LogP contribution < -0.4 is 10.5 Å². The summed E-state index contributed by atoms with van der Waals surface area (Å²) >= 11 is -1.02. The molecule has 0 amide bonds. The predicted octanol–water partition coefficient (Wildman–Crippen LogP) is 1.83. The summed E-state index contributed by atoms with van der Waals surface area (Å²) in [5.74, 6) is -0.548. The van der Waals surface area contributed by atoms with Gasteiger partial charge in [-0.3, -0.25) is 14.2 Å². The summed E-state index contributed by atoms with van der Waals surface area (Å²) in [4.78, 5) is 18.3. The van der Waals surface area contributed by atoms with Crippen LogP contribution in [-0.2, 0) is 40.6 Å². The molecule has 34 heavy (non-hydrogen) atoms. The first-order valence-corrected chi connectivity index (χ1v) is 13.7. The Kier molecular flexibility index (Phi) is 6.07. The van der Waals surface area contributed by atoms with Crippen LogP contribution in [0.25, 0.3) is 11.1 Å². The number of hydrogen-bond acceptors (Lipinski definition) is 9. The van der Waals surface area contributed by atoms with Crippen molar-refractivity contribution in [3.8, 4) is 0 Å². The second-order valence-electron chi connectivity index (χ2n) is 7.74. The van der Waals surface area contributed by atoms with E-state index in [2.05, 4.69) is 14.1 Å². The molecule has 0 spiro atoms. The van der Waals surface area contributed by atoms with Gasteiger partial charge in [0.2, 0.25) is 5.13 Å². The van der Waals surface area contributed by atoms with E-state index in [1.807, 2.05) is 23.1 Å². The Morgan fingerprint density at radius 1 is 1.26 bits per heavy atom. The fourth-order valence-electron chi connectivity index (χ4n) is 4.05. The third kappa shape index (κ3) is 4.54. The number of benzene rings is 2. The van der Waals surface area contributed by atoms with Crippen molar-refractivity contribution in [1.82, 2.24) is 18.8 Å². The van der Waals surface area contributed by atoms with Crippen molar-refractivity contribution < 1.29 is 21.6 Å². The Labute approximate surface area is 200 Å². The summed E-state index contributed by atoms with van der Waals surface area (Å²) in [5.41, 5.74) is 3.65. The predicted molar refractivity (Wildman–Crippen MR) is 126 cm³/mol. The molecule has 0 aliphatic carbocycles. The van der Waals surface area contributed by atoms with Gasteiger partial charge in [0.25, 0.3) is 10.0 Å². The molecule has 1 aliphatic heterocycles. The Hall–Kier alpha value is -2.91. The molecule has 0 radical (unpaired) electrons. The highest BCUT2D eigenvalue weighted by atomic mass is 32.2. The van der Waals surface area contributed by atoms with Crippen molar-refractivity contribution in [2.24, 2.45) is 0 Å². The van der Waals surface area contributed by atoms with Crippen LogP contribution in [-0.4, -0.2) is 48.4 Å². The normalized spacial score (nSPS) is 15.3. The lowest BCUT2D eigenvalue weighted by Crippen LogP contribution is -2.34. The molecule has 0 bridgehead atoms. The number of anilines is 1. The van der Waals surface area contributed by atoms with Crippen molar-refractivity contribution in [2.45, 2.75) is 24.4 Å². The quantitative estimate of drug-likeness (QED) is 0.348. The first-order valence-electron chi connectivity index (χ1n) is 10.1. The summed E-state index contributed by atoms with van der Waals surface area (Å²) in [7, 11) is -3.93. The smallest absolute Gasteiger partial charge is 0.408 e. The maximum atomic E-state index is 12.7. The van der Waals surface area contributed by atoms with Gasteiger partial charge in [0, 0.05) is 30.7 Å². The largest absolute Gasteiger partial charge is 0.420 e. The van der Waals surface area contributed by atoms with Crippen LogP contribution in [0, 0.1) is 0 Å². The van der Waals surface area contributed by atoms with E-state index in [4.69, 9.17) is 4.42 Å². The van der Waals surface area contributed by atoms with Gasteiger partial charge in [0.15, 0.2) is 16.7 Å². The highest BCUT2D eigenvalue weighted by Crippen LogP contribution is 2.26. The van der Waals surface area contributed by atoms with Gasteiger partial charge in [0.1, 0.15) is 12.2 Å². The average molecular weight is 522 g/mol. The first-order chi connectivity index (χ1) is 16.3. The van der Waals surface area contributed by atoms with E-state index in [9.17, 15) is 22.0 Å². The van der Waals surface area contributed by atoms with Crippen molar-refractivity contribution in [2.75, 3.05) is 17.1 Å². The minimum Gasteiger partial charge on any atom is -0.408 e. The molecule has 4 aromatic rings. The molecule has 178 valence electrons. The summed E-state index contributed by atoms with van der Waals surface area (Å²) in [5, 5.41) is 0.132. The van der Waals surface area contributed by atoms with E-state index in [0.29, 0.717) is 18.6 Å². The molecule has 1 aliphatic rings. The number of aromatic nitrogens is 3. The lowest BCUT2D eigenvalue weighted by Gasteiger charge is -2.29. The van der Waals surface area contributed by atoms with Crippen molar-refractivity contribution >= 4 is 48.9 Å². The monoisotopic (exact) mass is 521 g/mol. The van der Waals surface area contributed by atoms with Crippen molar-refractivity contribution in [3.63, 3.8) is 0 Å². The van der Waals surface area contributed by atoms with Crippen LogP contribution in [0.5, 0.6) is 0 Å². The number of sulfonamides is 1. The molecule has 1 atom stereocenters. The van der Waals surface area contributed by atoms with E-state index in [-0.39, 0.29) is 28.0 Å². The summed E-state index contributed by atoms with van der Waals surface area (Å²) in [6.45, 7) is 1.40. The van der Waals surface area contributed by atoms with Gasteiger partial charge >= 0.3 is 5.76 Å². The summed E-state index contributed by atoms with van der Waals surface area (Å²) in [6.07, 6.45) is 1.99. The van der Waals surface area contributed by atoms with Gasteiger partial charge in [-0.15, -0.1) is 0 Å². The Morgan fingerprint density at radius 3 is 2.88 bits per heavy atom. The van der Waals surface area contributed by atoms with E-state index >= 15 is 0 Å². The van der Waals surface area contributed by atoms with Gasteiger partial charge in [-0.2, -0.15) is 4.37 Å². The molecule has 0 saturated carbocycles. The lowest BCUT2D eigenvalue weighted by molar-refractivity contribution is 0.289. The molecule has 14 heteroatoms. The van der Waals surface area contributed by atoms with Gasteiger partial charge in [-0.05, 0) is 35.2 Å². The maximum absolute atomic E-state index is 12.7. The van der Waals surface area contributed by atoms with Crippen LogP contribution in [0.1, 0.15) is 16.7 Å². The fraction of sp³-hybridized carbons (Fsp3) is 0.250. The Bertz CT molecular complexity index is 1540. The minimum atomic E-state index is -3.93. The SMILES string of the molecule is O=c1oc2cc(S(=O)(=O)Nc3ncns3)ccc2n1Cc1cccc2c1CN(CS(=O)O)CC2. The van der Waals surface area contributed by atoms with Crippen molar-refractivity contribution in [1.29, 1.82) is 0 Å². The molecular formula is C20H19N5O6S3. The molecular weight excluding hydrogens is 502 g/mol. The molecule has 2 aromatic carbocycles. The van der Waals surface area contributed by atoms with Gasteiger partial charge in [-0.1, -0.05) is 18.2 Å². The van der Waals surface area contributed by atoms with E-state index < -0.39 is 26.9 Å². The Balaban J connectivity index is 1.47. The highest BCUT2D eigenvalue weighted by molar-refractivity contribution is 7.93. The standard InChI is InChI=1S/C20H19N5O6S3/c26-20-25(9-14-3-1-2-13-6-7-24(10-16(13)14)12-33(27)28)17-5-4-15(8-18(17)31-20)34(29,30)23-19-21-11-22-32-19/h1-5,8,11H,6-7,9-10,12H2,(H,27,28)(H,21,22,23). The number of hydrogen-bond donors (Lipinski definition) is 2. The minimum absolute atomic E-state index is 0.0602. The number of oxazole rings is 1. The average Bonchev–Trinajstić information content (AvgIpc) is 3.40. The van der Waals surface area contributed by atoms with Gasteiger partial charge < -0.3 is 8.97 Å². The van der Waals surface area contributed by atoms with Crippen LogP contribution in [0.3, 0.4) is 0 Å². The Morgan fingerprint density at radius 2 is 2.12 bits per heavy atom. The maximum Gasteiger partial charge on any atom is 0.420 e. The summed E-state index contributed by atoms with van der Waals surface area (Å²) in [6, 6.07) is 10.1. The van der Waals surface area contributed by atoms with Crippen LogP contribution >= 0.6 is 11.5 Å². The molecule has 2 aromatic heterocycles. The highest BCUT2D eigenvalue weighted by Gasteiger charge is 2.22. The number of nitrogens with zero attached hydrogens (tertiary/aromatic N) is 4. The second-order valence-corrected chi connectivity index (χ2v) is 11.1. The summed E-state index contributed by atoms with van der Waals surface area (Å²) < 4.78 is 58.7. The zero-order valence-electron chi connectivity index (χ0n) is 17.6. The van der Waals surface area contributed by atoms with E-state index in [0.717, 1.165) is 34.6 Å². The van der Waals surface area contributed by atoms with E-state index in [1.54, 1.807) is 0 Å². The zero-order chi connectivity index (χ0) is 23.9. The lowest BCUT2D eigenvalue weighted by atomic mass is 9.95. The molecule has 1 unspecified atom stereocenters. The number of nitrogens with one attached hydrogen (secondary N) is 1. The van der Waals surface area contributed by atoms with Crippen LogP contribution in [0.4, 0.5) is 5.13 Å². The number of rotatable bonds is 7. The molecule has 0 fully saturated rings. The van der Waals surface area contributed by atoms with E-state index in [1.165, 1.54) is 29.1 Å². The molecule has 0 saturated heterocycles. The third-order valence-corrected chi connectivity index (χ3v) is 8.24. The molecule has 3 heterocycles. The topological polar surface area (TPSA) is 148 Å². The molecule has 2 N–H and O–H groups in total. The van der Waals surface area contributed by atoms with Crippen LogP contribution in [0.2, 0.25) is 0 Å². The molecule has 11 nitrogen and oxygen atoms in total. The first kappa shape index (κ1) is 22.9. The number of fused-ring (bicyclic) bond motifs is 2. The fourth-order valence-corrected chi connectivity index (χ4v) is 6.26. The van der Waals surface area contributed by atoms with Gasteiger partial charge in [0.05, 0.1) is 17.0 Å². The zero-order valence-corrected chi connectivity index (χ0v) is 20.0. The third-order valence-electron chi connectivity index (χ3n) is 5.60. The molecule has 5 rings (SSSR count). The van der Waals surface area contributed by atoms with Crippen LogP contribution in [0.15, 0.2) is 56.8 Å². The second kappa shape index (κ2) is 9.03. The van der Waals surface area contributed by atoms with Gasteiger partial charge in [-0.25, -0.2) is 22.4 Å².